The lowest BCUT2D eigenvalue weighted by molar-refractivity contribution is -0.152. The first kappa shape index (κ1) is 13.9. The normalized spacial score (nSPS) is 21.2. The third kappa shape index (κ3) is 3.14. The summed E-state index contributed by atoms with van der Waals surface area (Å²) in [5.41, 5.74) is -0.685. The fourth-order valence-corrected chi connectivity index (χ4v) is 2.05. The van der Waals surface area contributed by atoms with E-state index in [9.17, 15) is 14.4 Å². The Morgan fingerprint density at radius 3 is 2.18 bits per heavy atom. The second kappa shape index (κ2) is 4.98. The van der Waals surface area contributed by atoms with E-state index in [2.05, 4.69) is 0 Å². The van der Waals surface area contributed by atoms with Gasteiger partial charge in [-0.1, -0.05) is 20.8 Å². The molecule has 0 spiro atoms. The van der Waals surface area contributed by atoms with Crippen molar-refractivity contribution in [1.29, 1.82) is 0 Å². The molecule has 0 aromatic rings. The summed E-state index contributed by atoms with van der Waals surface area (Å²) in [6.07, 6.45) is 2.49. The molecule has 0 aromatic carbocycles. The lowest BCUT2D eigenvalue weighted by atomic mass is 9.88. The summed E-state index contributed by atoms with van der Waals surface area (Å²) >= 11 is 0. The Morgan fingerprint density at radius 1 is 1.12 bits per heavy atom. The van der Waals surface area contributed by atoms with Crippen molar-refractivity contribution in [3.63, 3.8) is 0 Å². The first-order chi connectivity index (χ1) is 7.75. The van der Waals surface area contributed by atoms with E-state index in [-0.39, 0.29) is 5.78 Å². The van der Waals surface area contributed by atoms with E-state index in [0.717, 1.165) is 12.8 Å². The third-order valence-electron chi connectivity index (χ3n) is 3.11. The first-order valence-corrected chi connectivity index (χ1v) is 6.11. The van der Waals surface area contributed by atoms with Crippen molar-refractivity contribution in [2.24, 2.45) is 5.41 Å². The molecule has 0 N–H and O–H groups in total. The Balaban J connectivity index is 2.86. The minimum Gasteiger partial charge on any atom is -0.326 e. The molecule has 96 valence electrons. The number of carbonyl (C=O) groups excluding carboxylic acids is 3. The number of Topliss-reactive ketones (excluding diaryl/α,β-unsaturated/α-hetero) is 2. The van der Waals surface area contributed by atoms with Gasteiger partial charge in [-0.05, 0) is 26.2 Å². The van der Waals surface area contributed by atoms with Crippen LogP contribution in [0.25, 0.3) is 0 Å². The zero-order valence-corrected chi connectivity index (χ0v) is 11.1. The molecule has 1 aliphatic rings. The molecule has 0 unspecified atom stereocenters. The van der Waals surface area contributed by atoms with Crippen LogP contribution in [0.2, 0.25) is 0 Å². The van der Waals surface area contributed by atoms with Gasteiger partial charge in [0.1, 0.15) is 0 Å². The van der Waals surface area contributed by atoms with Gasteiger partial charge in [0.15, 0.2) is 5.78 Å². The summed E-state index contributed by atoms with van der Waals surface area (Å²) in [6.45, 7) is 7.17. The number of likely N-dealkylation sites (tertiary alicyclic amines) is 1. The summed E-state index contributed by atoms with van der Waals surface area (Å²) in [7, 11) is 0. The van der Waals surface area contributed by atoms with E-state index < -0.39 is 23.1 Å². The smallest absolute Gasteiger partial charge is 0.291 e. The SMILES string of the molecule is CC(=O)[C@@H]1CCCCN1C(=O)C(=O)C(C)(C)C. The van der Waals surface area contributed by atoms with Crippen LogP contribution in [-0.2, 0) is 14.4 Å². The summed E-state index contributed by atoms with van der Waals surface area (Å²) in [4.78, 5) is 37.0. The quantitative estimate of drug-likeness (QED) is 0.687. The van der Waals surface area contributed by atoms with Crippen LogP contribution in [0.5, 0.6) is 0 Å². The Morgan fingerprint density at radius 2 is 1.71 bits per heavy atom. The van der Waals surface area contributed by atoms with E-state index in [1.54, 1.807) is 20.8 Å². The molecular weight excluding hydrogens is 218 g/mol. The van der Waals surface area contributed by atoms with Crippen LogP contribution >= 0.6 is 0 Å². The zero-order chi connectivity index (χ0) is 13.2. The summed E-state index contributed by atoms with van der Waals surface area (Å²) in [6, 6.07) is -0.400. The van der Waals surface area contributed by atoms with Crippen LogP contribution in [0.3, 0.4) is 0 Å². The van der Waals surface area contributed by atoms with Gasteiger partial charge in [-0.2, -0.15) is 0 Å². The molecule has 1 rings (SSSR count). The topological polar surface area (TPSA) is 54.5 Å². The van der Waals surface area contributed by atoms with Gasteiger partial charge in [0, 0.05) is 12.0 Å². The molecule has 0 aromatic heterocycles. The lowest BCUT2D eigenvalue weighted by Crippen LogP contribution is -2.51. The largest absolute Gasteiger partial charge is 0.326 e. The van der Waals surface area contributed by atoms with E-state index in [1.165, 1.54) is 11.8 Å². The maximum absolute atomic E-state index is 12.1. The van der Waals surface area contributed by atoms with Crippen molar-refractivity contribution in [1.82, 2.24) is 4.90 Å². The Hall–Kier alpha value is -1.19. The number of piperidine rings is 1. The van der Waals surface area contributed by atoms with Crippen LogP contribution in [-0.4, -0.2) is 35.0 Å². The van der Waals surface area contributed by atoms with Gasteiger partial charge in [0.05, 0.1) is 6.04 Å². The van der Waals surface area contributed by atoms with Crippen molar-refractivity contribution in [3.8, 4) is 0 Å². The second-order valence-electron chi connectivity index (χ2n) is 5.70. The van der Waals surface area contributed by atoms with Gasteiger partial charge in [-0.15, -0.1) is 0 Å². The molecule has 0 bridgehead atoms. The second-order valence-corrected chi connectivity index (χ2v) is 5.70. The molecule has 1 atom stereocenters. The molecule has 4 heteroatoms. The van der Waals surface area contributed by atoms with Crippen molar-refractivity contribution in [2.75, 3.05) is 6.54 Å². The average molecular weight is 239 g/mol. The van der Waals surface area contributed by atoms with Crippen LogP contribution < -0.4 is 0 Å². The van der Waals surface area contributed by atoms with Crippen molar-refractivity contribution >= 4 is 17.5 Å². The maximum atomic E-state index is 12.1. The van der Waals surface area contributed by atoms with Gasteiger partial charge in [0.25, 0.3) is 5.91 Å². The number of carbonyl (C=O) groups is 3. The molecular formula is C13H21NO3. The number of nitrogens with zero attached hydrogens (tertiary/aromatic N) is 1. The van der Waals surface area contributed by atoms with E-state index in [1.807, 2.05) is 0 Å². The van der Waals surface area contributed by atoms with E-state index >= 15 is 0 Å². The number of amides is 1. The van der Waals surface area contributed by atoms with Crippen molar-refractivity contribution in [2.45, 2.75) is 53.0 Å². The molecule has 0 radical (unpaired) electrons. The molecule has 17 heavy (non-hydrogen) atoms. The Bertz CT molecular complexity index is 341. The van der Waals surface area contributed by atoms with Crippen LogP contribution in [0.15, 0.2) is 0 Å². The molecule has 0 aliphatic carbocycles. The minimum atomic E-state index is -0.685. The van der Waals surface area contributed by atoms with Gasteiger partial charge >= 0.3 is 0 Å². The van der Waals surface area contributed by atoms with E-state index in [0.29, 0.717) is 13.0 Å². The minimum absolute atomic E-state index is 0.0280. The van der Waals surface area contributed by atoms with Crippen LogP contribution in [0.4, 0.5) is 0 Å². The molecule has 1 amide bonds. The highest BCUT2D eigenvalue weighted by molar-refractivity contribution is 6.38. The Labute approximate surface area is 102 Å². The maximum Gasteiger partial charge on any atom is 0.291 e. The highest BCUT2D eigenvalue weighted by Gasteiger charge is 2.37. The highest BCUT2D eigenvalue weighted by Crippen LogP contribution is 2.22. The standard InChI is InChI=1S/C13H21NO3/c1-9(15)10-7-5-6-8-14(10)12(17)11(16)13(2,3)4/h10H,5-8H2,1-4H3/t10-/m0/s1. The van der Waals surface area contributed by atoms with Crippen molar-refractivity contribution in [3.05, 3.63) is 0 Å². The average Bonchev–Trinajstić information content (AvgIpc) is 2.25. The highest BCUT2D eigenvalue weighted by atomic mass is 16.2. The fraction of sp³-hybridized carbons (Fsp3) is 0.769. The Kier molecular flexibility index (Phi) is 4.07. The van der Waals surface area contributed by atoms with Crippen LogP contribution in [0.1, 0.15) is 47.0 Å². The zero-order valence-electron chi connectivity index (χ0n) is 11.1. The van der Waals surface area contributed by atoms with Gasteiger partial charge in [-0.3, -0.25) is 14.4 Å². The lowest BCUT2D eigenvalue weighted by Gasteiger charge is -2.35. The van der Waals surface area contributed by atoms with Crippen LogP contribution in [0, 0.1) is 5.41 Å². The number of hydrogen-bond donors (Lipinski definition) is 0. The molecule has 1 aliphatic heterocycles. The molecule has 1 saturated heterocycles. The molecule has 1 fully saturated rings. The molecule has 0 saturated carbocycles. The predicted molar refractivity (Wildman–Crippen MR) is 64.5 cm³/mol. The number of rotatable bonds is 2. The third-order valence-corrected chi connectivity index (χ3v) is 3.11. The van der Waals surface area contributed by atoms with Gasteiger partial charge in [0.2, 0.25) is 5.78 Å². The molecule has 1 heterocycles. The number of ketones is 2. The summed E-state index contributed by atoms with van der Waals surface area (Å²) in [5.74, 6) is -0.942. The van der Waals surface area contributed by atoms with Gasteiger partial charge < -0.3 is 4.90 Å². The predicted octanol–water partition coefficient (Wildman–Crippen LogP) is 1.57. The summed E-state index contributed by atoms with van der Waals surface area (Å²) < 4.78 is 0. The summed E-state index contributed by atoms with van der Waals surface area (Å²) in [5, 5.41) is 0. The van der Waals surface area contributed by atoms with Gasteiger partial charge in [-0.25, -0.2) is 0 Å². The molecule has 4 nitrogen and oxygen atoms in total. The first-order valence-electron chi connectivity index (χ1n) is 6.11. The number of hydrogen-bond acceptors (Lipinski definition) is 3. The fourth-order valence-electron chi connectivity index (χ4n) is 2.05. The van der Waals surface area contributed by atoms with E-state index in [4.69, 9.17) is 0 Å². The monoisotopic (exact) mass is 239 g/mol. The van der Waals surface area contributed by atoms with Crippen molar-refractivity contribution < 1.29 is 14.4 Å².